The second kappa shape index (κ2) is 5.84. The molecule has 0 saturated carbocycles. The molecule has 0 spiro atoms. The van der Waals surface area contributed by atoms with Crippen LogP contribution < -0.4 is 16.0 Å². The third kappa shape index (κ3) is 2.95. The quantitative estimate of drug-likeness (QED) is 0.621. The number of carbonyl (C=O) groups is 2. The zero-order valence-electron chi connectivity index (χ0n) is 10.1. The number of hydrogen-bond acceptors (Lipinski definition) is 3. The van der Waals surface area contributed by atoms with E-state index in [9.17, 15) is 9.59 Å². The Morgan fingerprint density at radius 3 is 2.38 bits per heavy atom. The van der Waals surface area contributed by atoms with E-state index in [0.29, 0.717) is 25.8 Å². The van der Waals surface area contributed by atoms with E-state index in [1.54, 1.807) is 6.92 Å². The molecule has 3 N–H and O–H groups in total. The average Bonchev–Trinajstić information content (AvgIpc) is 2.30. The molecule has 1 aliphatic rings. The van der Waals surface area contributed by atoms with E-state index in [0.717, 1.165) is 13.1 Å². The van der Waals surface area contributed by atoms with Crippen LogP contribution in [-0.4, -0.2) is 37.0 Å². The first kappa shape index (κ1) is 13.0. The maximum absolute atomic E-state index is 12.0. The maximum atomic E-state index is 12.0. The number of amides is 2. The third-order valence-electron chi connectivity index (χ3n) is 2.93. The molecule has 1 heterocycles. The standard InChI is InChI=1S/C11H21N3O2/c1-3-9(15)14-11(10(16)13-4-2)5-7-12-8-6-11/h12H,3-8H2,1-2H3,(H,13,16)(H,14,15). The summed E-state index contributed by atoms with van der Waals surface area (Å²) in [5.41, 5.74) is -0.700. The van der Waals surface area contributed by atoms with Gasteiger partial charge in [0.15, 0.2) is 0 Å². The molecular weight excluding hydrogens is 206 g/mol. The van der Waals surface area contributed by atoms with Gasteiger partial charge in [0, 0.05) is 13.0 Å². The van der Waals surface area contributed by atoms with Crippen molar-refractivity contribution in [2.75, 3.05) is 19.6 Å². The van der Waals surface area contributed by atoms with Gasteiger partial charge in [-0.25, -0.2) is 0 Å². The molecule has 0 aromatic heterocycles. The van der Waals surface area contributed by atoms with Crippen molar-refractivity contribution in [1.82, 2.24) is 16.0 Å². The van der Waals surface area contributed by atoms with E-state index < -0.39 is 5.54 Å². The Morgan fingerprint density at radius 1 is 1.25 bits per heavy atom. The predicted octanol–water partition coefficient (Wildman–Crippen LogP) is -0.229. The molecule has 0 atom stereocenters. The molecule has 1 saturated heterocycles. The summed E-state index contributed by atoms with van der Waals surface area (Å²) in [5, 5.41) is 8.88. The lowest BCUT2D eigenvalue weighted by atomic mass is 9.87. The van der Waals surface area contributed by atoms with Crippen molar-refractivity contribution in [3.05, 3.63) is 0 Å². The van der Waals surface area contributed by atoms with Crippen LogP contribution in [0.5, 0.6) is 0 Å². The van der Waals surface area contributed by atoms with Crippen LogP contribution in [-0.2, 0) is 9.59 Å². The second-order valence-corrected chi connectivity index (χ2v) is 4.09. The van der Waals surface area contributed by atoms with Gasteiger partial charge in [-0.2, -0.15) is 0 Å². The van der Waals surface area contributed by atoms with Crippen molar-refractivity contribution in [1.29, 1.82) is 0 Å². The van der Waals surface area contributed by atoms with Gasteiger partial charge in [0.1, 0.15) is 5.54 Å². The summed E-state index contributed by atoms with van der Waals surface area (Å²) in [6.45, 7) is 5.80. The van der Waals surface area contributed by atoms with Gasteiger partial charge in [-0.15, -0.1) is 0 Å². The van der Waals surface area contributed by atoms with Crippen LogP contribution in [0.15, 0.2) is 0 Å². The Balaban J connectivity index is 2.74. The van der Waals surface area contributed by atoms with Crippen molar-refractivity contribution in [3.8, 4) is 0 Å². The van der Waals surface area contributed by atoms with Crippen molar-refractivity contribution >= 4 is 11.8 Å². The highest BCUT2D eigenvalue weighted by atomic mass is 16.2. The van der Waals surface area contributed by atoms with E-state index in [1.165, 1.54) is 0 Å². The monoisotopic (exact) mass is 227 g/mol. The molecule has 0 aromatic rings. The zero-order chi connectivity index (χ0) is 12.0. The Labute approximate surface area is 96.4 Å². The molecular formula is C11H21N3O2. The van der Waals surface area contributed by atoms with Crippen LogP contribution in [0, 0.1) is 0 Å². The van der Waals surface area contributed by atoms with E-state index in [4.69, 9.17) is 0 Å². The predicted molar refractivity (Wildman–Crippen MR) is 62.0 cm³/mol. The van der Waals surface area contributed by atoms with Gasteiger partial charge in [0.25, 0.3) is 0 Å². The number of carbonyl (C=O) groups excluding carboxylic acids is 2. The van der Waals surface area contributed by atoms with Crippen molar-refractivity contribution < 1.29 is 9.59 Å². The van der Waals surface area contributed by atoms with Gasteiger partial charge in [0.2, 0.25) is 11.8 Å². The number of hydrogen-bond donors (Lipinski definition) is 3. The highest BCUT2D eigenvalue weighted by Gasteiger charge is 2.40. The minimum Gasteiger partial charge on any atom is -0.354 e. The Kier molecular flexibility index (Phi) is 4.73. The van der Waals surface area contributed by atoms with Gasteiger partial charge in [-0.05, 0) is 32.9 Å². The number of nitrogens with one attached hydrogen (secondary N) is 3. The lowest BCUT2D eigenvalue weighted by Crippen LogP contribution is -2.62. The summed E-state index contributed by atoms with van der Waals surface area (Å²) in [4.78, 5) is 23.5. The van der Waals surface area contributed by atoms with Crippen molar-refractivity contribution in [2.45, 2.75) is 38.6 Å². The summed E-state index contributed by atoms with van der Waals surface area (Å²) >= 11 is 0. The van der Waals surface area contributed by atoms with E-state index in [1.807, 2.05) is 6.92 Å². The molecule has 1 rings (SSSR count). The SMILES string of the molecule is CCNC(=O)C1(NC(=O)CC)CCNCC1. The number of piperidine rings is 1. The molecule has 5 heteroatoms. The highest BCUT2D eigenvalue weighted by molar-refractivity contribution is 5.91. The van der Waals surface area contributed by atoms with Crippen molar-refractivity contribution in [3.63, 3.8) is 0 Å². The van der Waals surface area contributed by atoms with Crippen LogP contribution in [0.1, 0.15) is 33.1 Å². The first-order chi connectivity index (χ1) is 7.64. The lowest BCUT2D eigenvalue weighted by Gasteiger charge is -2.36. The van der Waals surface area contributed by atoms with E-state index in [-0.39, 0.29) is 11.8 Å². The Morgan fingerprint density at radius 2 is 1.88 bits per heavy atom. The molecule has 0 unspecified atom stereocenters. The molecule has 0 aliphatic carbocycles. The van der Waals surface area contributed by atoms with E-state index >= 15 is 0 Å². The van der Waals surface area contributed by atoms with Crippen LogP contribution in [0.25, 0.3) is 0 Å². The van der Waals surface area contributed by atoms with Gasteiger partial charge < -0.3 is 16.0 Å². The minimum atomic E-state index is -0.700. The van der Waals surface area contributed by atoms with Crippen molar-refractivity contribution in [2.24, 2.45) is 0 Å². The molecule has 0 aromatic carbocycles. The molecule has 1 fully saturated rings. The fraction of sp³-hybridized carbons (Fsp3) is 0.818. The van der Waals surface area contributed by atoms with E-state index in [2.05, 4.69) is 16.0 Å². The smallest absolute Gasteiger partial charge is 0.245 e. The van der Waals surface area contributed by atoms with Gasteiger partial charge in [-0.1, -0.05) is 6.92 Å². The van der Waals surface area contributed by atoms with Gasteiger partial charge in [-0.3, -0.25) is 9.59 Å². The first-order valence-electron chi connectivity index (χ1n) is 5.94. The molecule has 16 heavy (non-hydrogen) atoms. The summed E-state index contributed by atoms with van der Waals surface area (Å²) in [5.74, 6) is -0.119. The fourth-order valence-corrected chi connectivity index (χ4v) is 1.95. The number of likely N-dealkylation sites (N-methyl/N-ethyl adjacent to an activating group) is 1. The number of rotatable bonds is 4. The normalized spacial score (nSPS) is 18.9. The summed E-state index contributed by atoms with van der Waals surface area (Å²) in [6.07, 6.45) is 1.73. The van der Waals surface area contributed by atoms with Crippen LogP contribution in [0.4, 0.5) is 0 Å². The fourth-order valence-electron chi connectivity index (χ4n) is 1.95. The minimum absolute atomic E-state index is 0.0571. The molecule has 92 valence electrons. The Hall–Kier alpha value is -1.10. The zero-order valence-corrected chi connectivity index (χ0v) is 10.1. The van der Waals surface area contributed by atoms with Gasteiger partial charge >= 0.3 is 0 Å². The third-order valence-corrected chi connectivity index (χ3v) is 2.93. The van der Waals surface area contributed by atoms with Gasteiger partial charge in [0.05, 0.1) is 0 Å². The average molecular weight is 227 g/mol. The van der Waals surface area contributed by atoms with Crippen LogP contribution in [0.3, 0.4) is 0 Å². The molecule has 1 aliphatic heterocycles. The topological polar surface area (TPSA) is 70.2 Å². The summed E-state index contributed by atoms with van der Waals surface area (Å²) in [6, 6.07) is 0. The summed E-state index contributed by atoms with van der Waals surface area (Å²) in [7, 11) is 0. The summed E-state index contributed by atoms with van der Waals surface area (Å²) < 4.78 is 0. The lowest BCUT2D eigenvalue weighted by molar-refractivity contribution is -0.134. The Bertz CT molecular complexity index is 260. The highest BCUT2D eigenvalue weighted by Crippen LogP contribution is 2.18. The van der Waals surface area contributed by atoms with Crippen LogP contribution >= 0.6 is 0 Å². The van der Waals surface area contributed by atoms with Crippen LogP contribution in [0.2, 0.25) is 0 Å². The molecule has 5 nitrogen and oxygen atoms in total. The molecule has 0 bridgehead atoms. The maximum Gasteiger partial charge on any atom is 0.245 e. The first-order valence-corrected chi connectivity index (χ1v) is 5.94. The molecule has 2 amide bonds. The molecule has 0 radical (unpaired) electrons. The largest absolute Gasteiger partial charge is 0.354 e. The second-order valence-electron chi connectivity index (χ2n) is 4.09.